The van der Waals surface area contributed by atoms with E-state index in [1.165, 1.54) is 12.4 Å². The first kappa shape index (κ1) is 13.7. The number of aliphatic carboxylic acids is 1. The van der Waals surface area contributed by atoms with Crippen molar-refractivity contribution in [3.05, 3.63) is 17.5 Å². The van der Waals surface area contributed by atoms with Crippen LogP contribution in [0.15, 0.2) is 12.4 Å². The molecule has 1 rings (SSSR count). The maximum absolute atomic E-state index is 11.0. The summed E-state index contributed by atoms with van der Waals surface area (Å²) in [6, 6.07) is 0. The van der Waals surface area contributed by atoms with Gasteiger partial charge in [0.25, 0.3) is 0 Å². The van der Waals surface area contributed by atoms with Crippen LogP contribution in [0.3, 0.4) is 0 Å². The van der Waals surface area contributed by atoms with Crippen molar-refractivity contribution in [3.63, 3.8) is 0 Å². The molecule has 17 heavy (non-hydrogen) atoms. The Labute approximate surface area is 105 Å². The standard InChI is InChI=1S/C11H16ClN3O2/c1-7(2)3-8(11(16)17)4-14-10-6-13-5-9(12)15-10/h5-8H,3-4H2,1-2H3,(H,14,15)(H,16,17). The quantitative estimate of drug-likeness (QED) is 0.818. The van der Waals surface area contributed by atoms with Gasteiger partial charge in [-0.2, -0.15) is 0 Å². The highest BCUT2D eigenvalue weighted by Gasteiger charge is 2.18. The molecule has 0 spiro atoms. The monoisotopic (exact) mass is 257 g/mol. The van der Waals surface area contributed by atoms with Gasteiger partial charge in [-0.1, -0.05) is 25.4 Å². The highest BCUT2D eigenvalue weighted by atomic mass is 35.5. The van der Waals surface area contributed by atoms with Crippen LogP contribution < -0.4 is 5.32 Å². The first-order valence-electron chi connectivity index (χ1n) is 5.43. The van der Waals surface area contributed by atoms with E-state index in [1.807, 2.05) is 13.8 Å². The molecule has 0 aliphatic carbocycles. The lowest BCUT2D eigenvalue weighted by Crippen LogP contribution is -2.24. The number of hydrogen-bond donors (Lipinski definition) is 2. The van der Waals surface area contributed by atoms with Crippen LogP contribution in [0.25, 0.3) is 0 Å². The Kier molecular flexibility index (Phi) is 5.15. The van der Waals surface area contributed by atoms with E-state index in [4.69, 9.17) is 16.7 Å². The number of rotatable bonds is 6. The van der Waals surface area contributed by atoms with E-state index < -0.39 is 11.9 Å². The van der Waals surface area contributed by atoms with Crippen LogP contribution in [-0.4, -0.2) is 27.6 Å². The zero-order chi connectivity index (χ0) is 12.8. The fourth-order valence-corrected chi connectivity index (χ4v) is 1.64. The van der Waals surface area contributed by atoms with Crippen LogP contribution in [0.4, 0.5) is 5.82 Å². The lowest BCUT2D eigenvalue weighted by molar-refractivity contribution is -0.141. The van der Waals surface area contributed by atoms with Crippen LogP contribution in [0, 0.1) is 11.8 Å². The highest BCUT2D eigenvalue weighted by Crippen LogP contribution is 2.13. The van der Waals surface area contributed by atoms with Gasteiger partial charge in [0, 0.05) is 6.54 Å². The lowest BCUT2D eigenvalue weighted by atomic mass is 9.97. The van der Waals surface area contributed by atoms with E-state index in [9.17, 15) is 4.79 Å². The first-order valence-corrected chi connectivity index (χ1v) is 5.81. The molecule has 0 radical (unpaired) electrons. The van der Waals surface area contributed by atoms with Gasteiger partial charge >= 0.3 is 5.97 Å². The number of hydrogen-bond acceptors (Lipinski definition) is 4. The van der Waals surface area contributed by atoms with E-state index in [1.54, 1.807) is 0 Å². The van der Waals surface area contributed by atoms with Gasteiger partial charge in [0.05, 0.1) is 18.3 Å². The average molecular weight is 258 g/mol. The number of halogens is 1. The van der Waals surface area contributed by atoms with Crippen LogP contribution in [0.1, 0.15) is 20.3 Å². The van der Waals surface area contributed by atoms with Crippen LogP contribution in [0.2, 0.25) is 5.15 Å². The van der Waals surface area contributed by atoms with Gasteiger partial charge in [-0.15, -0.1) is 0 Å². The third kappa shape index (κ3) is 4.99. The average Bonchev–Trinajstić information content (AvgIpc) is 2.23. The number of carbonyl (C=O) groups is 1. The molecular weight excluding hydrogens is 242 g/mol. The molecule has 0 aliphatic rings. The molecule has 2 N–H and O–H groups in total. The molecule has 0 saturated carbocycles. The molecule has 0 amide bonds. The number of carboxylic acids is 1. The number of nitrogens with zero attached hydrogens (tertiary/aromatic N) is 2. The molecule has 6 heteroatoms. The summed E-state index contributed by atoms with van der Waals surface area (Å²) in [4.78, 5) is 18.9. The van der Waals surface area contributed by atoms with Crippen molar-refractivity contribution in [2.24, 2.45) is 11.8 Å². The number of anilines is 1. The zero-order valence-corrected chi connectivity index (χ0v) is 10.6. The van der Waals surface area contributed by atoms with Gasteiger partial charge in [-0.3, -0.25) is 9.78 Å². The fraction of sp³-hybridized carbons (Fsp3) is 0.545. The Morgan fingerprint density at radius 1 is 1.53 bits per heavy atom. The Bertz CT molecular complexity index is 385. The minimum atomic E-state index is -0.804. The SMILES string of the molecule is CC(C)CC(CNc1cncc(Cl)n1)C(=O)O. The Morgan fingerprint density at radius 2 is 2.24 bits per heavy atom. The van der Waals surface area contributed by atoms with E-state index in [2.05, 4.69) is 15.3 Å². The molecule has 0 bridgehead atoms. The van der Waals surface area contributed by atoms with E-state index in [0.717, 1.165) is 0 Å². The number of carboxylic acid groups (broad SMARTS) is 1. The van der Waals surface area contributed by atoms with Crippen molar-refractivity contribution in [2.75, 3.05) is 11.9 Å². The molecule has 0 aromatic carbocycles. The number of nitrogens with one attached hydrogen (secondary N) is 1. The van der Waals surface area contributed by atoms with E-state index in [-0.39, 0.29) is 5.15 Å². The van der Waals surface area contributed by atoms with Gasteiger partial charge in [0.1, 0.15) is 11.0 Å². The second-order valence-corrected chi connectivity index (χ2v) is 4.66. The lowest BCUT2D eigenvalue weighted by Gasteiger charge is -2.15. The van der Waals surface area contributed by atoms with E-state index in [0.29, 0.717) is 24.7 Å². The topological polar surface area (TPSA) is 75.1 Å². The summed E-state index contributed by atoms with van der Waals surface area (Å²) < 4.78 is 0. The normalized spacial score (nSPS) is 12.5. The first-order chi connectivity index (χ1) is 7.99. The largest absolute Gasteiger partial charge is 0.481 e. The van der Waals surface area contributed by atoms with Gasteiger partial charge in [-0.05, 0) is 12.3 Å². The fourth-order valence-electron chi connectivity index (χ4n) is 1.50. The van der Waals surface area contributed by atoms with Crippen molar-refractivity contribution in [3.8, 4) is 0 Å². The molecule has 5 nitrogen and oxygen atoms in total. The Balaban J connectivity index is 2.54. The minimum absolute atomic E-state index is 0.283. The molecule has 1 aromatic rings. The predicted molar refractivity (Wildman–Crippen MR) is 66.1 cm³/mol. The smallest absolute Gasteiger partial charge is 0.308 e. The Hall–Kier alpha value is -1.36. The third-order valence-electron chi connectivity index (χ3n) is 2.24. The summed E-state index contributed by atoms with van der Waals surface area (Å²) in [5.74, 6) is -0.409. The molecule has 1 atom stereocenters. The molecule has 0 saturated heterocycles. The second kappa shape index (κ2) is 6.39. The van der Waals surface area contributed by atoms with Crippen molar-refractivity contribution in [1.82, 2.24) is 9.97 Å². The summed E-state index contributed by atoms with van der Waals surface area (Å²) in [5.41, 5.74) is 0. The summed E-state index contributed by atoms with van der Waals surface area (Å²) in [6.45, 7) is 4.31. The summed E-state index contributed by atoms with van der Waals surface area (Å²) in [7, 11) is 0. The third-order valence-corrected chi connectivity index (χ3v) is 2.42. The molecule has 94 valence electrons. The van der Waals surface area contributed by atoms with Crippen LogP contribution in [-0.2, 0) is 4.79 Å². The molecule has 1 aromatic heterocycles. The molecule has 1 unspecified atom stereocenters. The second-order valence-electron chi connectivity index (χ2n) is 4.27. The summed E-state index contributed by atoms with van der Waals surface area (Å²) in [6.07, 6.45) is 3.56. The van der Waals surface area contributed by atoms with E-state index >= 15 is 0 Å². The highest BCUT2D eigenvalue weighted by molar-refractivity contribution is 6.29. The zero-order valence-electron chi connectivity index (χ0n) is 9.85. The van der Waals surface area contributed by atoms with Gasteiger partial charge in [0.15, 0.2) is 0 Å². The molecule has 0 aliphatic heterocycles. The molecule has 1 heterocycles. The Morgan fingerprint density at radius 3 is 2.76 bits per heavy atom. The summed E-state index contributed by atoms with van der Waals surface area (Å²) >= 11 is 5.68. The van der Waals surface area contributed by atoms with Crippen molar-refractivity contribution < 1.29 is 9.90 Å². The molecule has 0 fully saturated rings. The molecular formula is C11H16ClN3O2. The van der Waals surface area contributed by atoms with Gasteiger partial charge < -0.3 is 10.4 Å². The minimum Gasteiger partial charge on any atom is -0.481 e. The van der Waals surface area contributed by atoms with Crippen LogP contribution >= 0.6 is 11.6 Å². The van der Waals surface area contributed by atoms with Crippen LogP contribution in [0.5, 0.6) is 0 Å². The van der Waals surface area contributed by atoms with Crippen molar-refractivity contribution in [2.45, 2.75) is 20.3 Å². The number of aromatic nitrogens is 2. The van der Waals surface area contributed by atoms with Gasteiger partial charge in [-0.25, -0.2) is 4.98 Å². The summed E-state index contributed by atoms with van der Waals surface area (Å²) in [5, 5.41) is 12.3. The van der Waals surface area contributed by atoms with Gasteiger partial charge in [0.2, 0.25) is 0 Å². The van der Waals surface area contributed by atoms with Crippen molar-refractivity contribution >= 4 is 23.4 Å². The van der Waals surface area contributed by atoms with Crippen molar-refractivity contribution in [1.29, 1.82) is 0 Å². The maximum Gasteiger partial charge on any atom is 0.308 e. The maximum atomic E-state index is 11.0. The predicted octanol–water partition coefficient (Wildman–Crippen LogP) is 2.29.